The molecule has 0 aromatic carbocycles. The predicted octanol–water partition coefficient (Wildman–Crippen LogP) is 1.81. The Morgan fingerprint density at radius 2 is 1.88 bits per heavy atom. The fourth-order valence-electron chi connectivity index (χ4n) is 2.86. The Morgan fingerprint density at radius 3 is 2.31 bits per heavy atom. The minimum atomic E-state index is -0.232. The summed E-state index contributed by atoms with van der Waals surface area (Å²) in [5.74, 6) is 0.215. The monoisotopic (exact) mass is 224 g/mol. The average Bonchev–Trinajstić information content (AvgIpc) is 2.94. The van der Waals surface area contributed by atoms with Crippen LogP contribution in [0.4, 0.5) is 0 Å². The molecule has 0 aliphatic heterocycles. The van der Waals surface area contributed by atoms with E-state index in [2.05, 4.69) is 12.2 Å². The number of rotatable bonds is 5. The van der Waals surface area contributed by atoms with Crippen LogP contribution in [0, 0.1) is 10.8 Å². The van der Waals surface area contributed by atoms with E-state index >= 15 is 0 Å². The summed E-state index contributed by atoms with van der Waals surface area (Å²) in [4.78, 5) is 12.2. The maximum Gasteiger partial charge on any atom is 0.227 e. The first-order chi connectivity index (χ1) is 7.66. The zero-order chi connectivity index (χ0) is 11.6. The summed E-state index contributed by atoms with van der Waals surface area (Å²) >= 11 is 0. The highest BCUT2D eigenvalue weighted by Crippen LogP contribution is 2.48. The largest absolute Gasteiger partial charge is 0.355 e. The van der Waals surface area contributed by atoms with Crippen LogP contribution in [0.1, 0.15) is 51.9 Å². The first-order valence-corrected chi connectivity index (χ1v) is 6.65. The molecule has 0 spiro atoms. The van der Waals surface area contributed by atoms with E-state index in [1.807, 2.05) is 0 Å². The SMILES string of the molecule is CCC1(CNC(=O)C2(CN)CCCC2)CC1. The Hall–Kier alpha value is -0.570. The van der Waals surface area contributed by atoms with E-state index in [9.17, 15) is 4.79 Å². The van der Waals surface area contributed by atoms with Gasteiger partial charge in [0, 0.05) is 13.1 Å². The lowest BCUT2D eigenvalue weighted by Gasteiger charge is -2.27. The molecule has 0 atom stereocenters. The van der Waals surface area contributed by atoms with E-state index < -0.39 is 0 Å². The third kappa shape index (κ3) is 2.10. The molecule has 0 aromatic heterocycles. The van der Waals surface area contributed by atoms with Gasteiger partial charge in [0.2, 0.25) is 5.91 Å². The zero-order valence-corrected chi connectivity index (χ0v) is 10.3. The van der Waals surface area contributed by atoms with Gasteiger partial charge in [0.15, 0.2) is 0 Å². The molecule has 0 unspecified atom stereocenters. The lowest BCUT2D eigenvalue weighted by Crippen LogP contribution is -2.45. The zero-order valence-electron chi connectivity index (χ0n) is 10.3. The van der Waals surface area contributed by atoms with E-state index in [1.54, 1.807) is 0 Å². The summed E-state index contributed by atoms with van der Waals surface area (Å²) in [6.45, 7) is 3.59. The number of nitrogens with two attached hydrogens (primary N) is 1. The van der Waals surface area contributed by atoms with Gasteiger partial charge in [-0.3, -0.25) is 4.79 Å². The van der Waals surface area contributed by atoms with Crippen molar-refractivity contribution in [1.82, 2.24) is 5.32 Å². The summed E-state index contributed by atoms with van der Waals surface area (Å²) in [6, 6.07) is 0. The van der Waals surface area contributed by atoms with Gasteiger partial charge in [-0.25, -0.2) is 0 Å². The topological polar surface area (TPSA) is 55.1 Å². The van der Waals surface area contributed by atoms with Crippen LogP contribution in [0.3, 0.4) is 0 Å². The number of carbonyl (C=O) groups is 1. The van der Waals surface area contributed by atoms with Crippen molar-refractivity contribution in [2.45, 2.75) is 51.9 Å². The lowest BCUT2D eigenvalue weighted by molar-refractivity contribution is -0.130. The maximum atomic E-state index is 12.2. The highest BCUT2D eigenvalue weighted by atomic mass is 16.2. The van der Waals surface area contributed by atoms with E-state index in [0.717, 1.165) is 32.2 Å². The van der Waals surface area contributed by atoms with Gasteiger partial charge in [0.05, 0.1) is 5.41 Å². The van der Waals surface area contributed by atoms with Gasteiger partial charge in [0.1, 0.15) is 0 Å². The van der Waals surface area contributed by atoms with Gasteiger partial charge in [0.25, 0.3) is 0 Å². The molecule has 0 aromatic rings. The minimum absolute atomic E-state index is 0.215. The van der Waals surface area contributed by atoms with Gasteiger partial charge < -0.3 is 11.1 Å². The van der Waals surface area contributed by atoms with Crippen molar-refractivity contribution < 1.29 is 4.79 Å². The summed E-state index contributed by atoms with van der Waals surface area (Å²) in [5, 5.41) is 3.15. The summed E-state index contributed by atoms with van der Waals surface area (Å²) < 4.78 is 0. The van der Waals surface area contributed by atoms with Crippen LogP contribution in [0.2, 0.25) is 0 Å². The first-order valence-electron chi connectivity index (χ1n) is 6.65. The number of hydrogen-bond donors (Lipinski definition) is 2. The Morgan fingerprint density at radius 1 is 1.25 bits per heavy atom. The van der Waals surface area contributed by atoms with Crippen LogP contribution in [0.5, 0.6) is 0 Å². The first kappa shape index (κ1) is 11.9. The summed E-state index contributed by atoms with van der Waals surface area (Å²) in [7, 11) is 0. The van der Waals surface area contributed by atoms with Crippen molar-refractivity contribution >= 4 is 5.91 Å². The molecule has 0 saturated heterocycles. The standard InChI is InChI=1S/C13H24N2O/c1-2-12(7-8-12)10-15-11(16)13(9-14)5-3-4-6-13/h2-10,14H2,1H3,(H,15,16). The number of nitrogens with one attached hydrogen (secondary N) is 1. The number of amides is 1. The number of hydrogen-bond acceptors (Lipinski definition) is 2. The second-order valence-corrected chi connectivity index (χ2v) is 5.73. The fraction of sp³-hybridized carbons (Fsp3) is 0.923. The van der Waals surface area contributed by atoms with Gasteiger partial charge in [-0.1, -0.05) is 19.8 Å². The van der Waals surface area contributed by atoms with E-state index in [-0.39, 0.29) is 11.3 Å². The van der Waals surface area contributed by atoms with E-state index in [1.165, 1.54) is 19.3 Å². The molecule has 1 amide bonds. The highest BCUT2D eigenvalue weighted by Gasteiger charge is 2.44. The lowest BCUT2D eigenvalue weighted by atomic mass is 9.85. The predicted molar refractivity (Wildman–Crippen MR) is 64.9 cm³/mol. The second-order valence-electron chi connectivity index (χ2n) is 5.73. The second kappa shape index (κ2) is 4.36. The van der Waals surface area contributed by atoms with Gasteiger partial charge >= 0.3 is 0 Å². The Kier molecular flexibility index (Phi) is 3.24. The van der Waals surface area contributed by atoms with Crippen molar-refractivity contribution in [3.05, 3.63) is 0 Å². The van der Waals surface area contributed by atoms with Crippen LogP contribution in [-0.2, 0) is 4.79 Å². The molecule has 2 saturated carbocycles. The molecule has 2 rings (SSSR count). The number of carbonyl (C=O) groups excluding carboxylic acids is 1. The molecular weight excluding hydrogens is 200 g/mol. The normalized spacial score (nSPS) is 25.4. The molecule has 2 fully saturated rings. The molecule has 0 radical (unpaired) electrons. The van der Waals surface area contributed by atoms with Crippen molar-refractivity contribution in [2.24, 2.45) is 16.6 Å². The van der Waals surface area contributed by atoms with Crippen molar-refractivity contribution in [3.63, 3.8) is 0 Å². The molecule has 2 aliphatic rings. The smallest absolute Gasteiger partial charge is 0.227 e. The quantitative estimate of drug-likeness (QED) is 0.748. The summed E-state index contributed by atoms with van der Waals surface area (Å²) in [6.07, 6.45) is 8.01. The fourth-order valence-corrected chi connectivity index (χ4v) is 2.86. The Bertz CT molecular complexity index is 265. The Labute approximate surface area is 98.2 Å². The van der Waals surface area contributed by atoms with Gasteiger partial charge in [-0.15, -0.1) is 0 Å². The molecular formula is C13H24N2O. The highest BCUT2D eigenvalue weighted by molar-refractivity contribution is 5.83. The van der Waals surface area contributed by atoms with Gasteiger partial charge in [-0.2, -0.15) is 0 Å². The molecule has 2 aliphatic carbocycles. The van der Waals surface area contributed by atoms with Crippen LogP contribution in [-0.4, -0.2) is 19.0 Å². The molecule has 16 heavy (non-hydrogen) atoms. The Balaban J connectivity index is 1.87. The summed E-state index contributed by atoms with van der Waals surface area (Å²) in [5.41, 5.74) is 6.00. The minimum Gasteiger partial charge on any atom is -0.355 e. The third-order valence-electron chi connectivity index (χ3n) is 4.76. The molecule has 3 heteroatoms. The van der Waals surface area contributed by atoms with Crippen LogP contribution >= 0.6 is 0 Å². The van der Waals surface area contributed by atoms with Crippen molar-refractivity contribution in [3.8, 4) is 0 Å². The average molecular weight is 224 g/mol. The van der Waals surface area contributed by atoms with E-state index in [4.69, 9.17) is 5.73 Å². The molecule has 0 bridgehead atoms. The third-order valence-corrected chi connectivity index (χ3v) is 4.76. The molecule has 3 nitrogen and oxygen atoms in total. The van der Waals surface area contributed by atoms with E-state index in [0.29, 0.717) is 12.0 Å². The molecule has 3 N–H and O–H groups in total. The van der Waals surface area contributed by atoms with Gasteiger partial charge in [-0.05, 0) is 37.5 Å². The molecule has 92 valence electrons. The molecule has 0 heterocycles. The van der Waals surface area contributed by atoms with Crippen molar-refractivity contribution in [2.75, 3.05) is 13.1 Å². The van der Waals surface area contributed by atoms with Crippen molar-refractivity contribution in [1.29, 1.82) is 0 Å². The maximum absolute atomic E-state index is 12.2. The van der Waals surface area contributed by atoms with Crippen LogP contribution < -0.4 is 11.1 Å². The van der Waals surface area contributed by atoms with Crippen LogP contribution in [0.25, 0.3) is 0 Å². The van der Waals surface area contributed by atoms with Crippen LogP contribution in [0.15, 0.2) is 0 Å².